The van der Waals surface area contributed by atoms with Gasteiger partial charge in [0.15, 0.2) is 0 Å². The first-order chi connectivity index (χ1) is 15.4. The van der Waals surface area contributed by atoms with Crippen LogP contribution in [0.4, 0.5) is 0 Å². The zero-order valence-electron chi connectivity index (χ0n) is 22.7. The van der Waals surface area contributed by atoms with Gasteiger partial charge in [-0.05, 0) is 73.2 Å². The van der Waals surface area contributed by atoms with E-state index in [1.807, 2.05) is 6.92 Å². The Kier molecular flexibility index (Phi) is 19.0. The maximum Gasteiger partial charge on any atom is 0.302 e. The third-order valence-electron chi connectivity index (χ3n) is 5.45. The van der Waals surface area contributed by atoms with Crippen LogP contribution in [-0.4, -0.2) is 12.6 Å². The van der Waals surface area contributed by atoms with Crippen molar-refractivity contribution >= 4 is 5.97 Å². The van der Waals surface area contributed by atoms with Gasteiger partial charge in [-0.1, -0.05) is 96.7 Å². The molecule has 0 aliphatic rings. The molecule has 0 amide bonds. The molecule has 0 saturated carbocycles. The van der Waals surface area contributed by atoms with Crippen molar-refractivity contribution in [2.45, 2.75) is 87.0 Å². The van der Waals surface area contributed by atoms with Crippen molar-refractivity contribution in [1.82, 2.24) is 0 Å². The van der Waals surface area contributed by atoms with Crippen molar-refractivity contribution in [2.24, 2.45) is 11.8 Å². The smallest absolute Gasteiger partial charge is 0.302 e. The molecule has 0 spiro atoms. The normalized spacial score (nSPS) is 12.4. The van der Waals surface area contributed by atoms with E-state index in [4.69, 9.17) is 4.74 Å². The van der Waals surface area contributed by atoms with Gasteiger partial charge in [0.25, 0.3) is 0 Å². The first-order valence-electron chi connectivity index (χ1n) is 12.3. The maximum absolute atomic E-state index is 11.0. The number of allylic oxidation sites excluding steroid dienone is 9. The van der Waals surface area contributed by atoms with Gasteiger partial charge in [-0.15, -0.1) is 6.58 Å². The van der Waals surface area contributed by atoms with Crippen LogP contribution in [0.3, 0.4) is 0 Å². The van der Waals surface area contributed by atoms with Gasteiger partial charge < -0.3 is 4.74 Å². The van der Waals surface area contributed by atoms with Crippen molar-refractivity contribution in [3.8, 4) is 0 Å². The lowest BCUT2D eigenvalue weighted by Crippen LogP contribution is -2.02. The van der Waals surface area contributed by atoms with E-state index in [9.17, 15) is 4.79 Å². The van der Waals surface area contributed by atoms with Crippen LogP contribution in [0.5, 0.6) is 0 Å². The van der Waals surface area contributed by atoms with Gasteiger partial charge >= 0.3 is 5.97 Å². The molecule has 0 aliphatic heterocycles. The molecule has 1 unspecified atom stereocenters. The first-order valence-corrected chi connectivity index (χ1v) is 12.3. The van der Waals surface area contributed by atoms with Crippen LogP contribution in [0.1, 0.15) is 87.0 Å². The molecule has 0 aromatic rings. The molecule has 33 heavy (non-hydrogen) atoms. The quantitative estimate of drug-likeness (QED) is 0.107. The fraction of sp³-hybridized carbons (Fsp3) is 0.516. The van der Waals surface area contributed by atoms with Gasteiger partial charge in [-0.2, -0.15) is 0 Å². The Morgan fingerprint density at radius 1 is 0.939 bits per heavy atom. The molecule has 0 aromatic heterocycles. The van der Waals surface area contributed by atoms with E-state index in [1.54, 1.807) is 6.08 Å². The minimum Gasteiger partial charge on any atom is -0.466 e. The Labute approximate surface area is 205 Å². The maximum atomic E-state index is 11.0. The molecular formula is C31H50O2. The Morgan fingerprint density at radius 3 is 1.97 bits per heavy atom. The van der Waals surface area contributed by atoms with Crippen LogP contribution >= 0.6 is 0 Å². The van der Waals surface area contributed by atoms with Crippen molar-refractivity contribution in [1.29, 1.82) is 0 Å². The predicted molar refractivity (Wildman–Crippen MR) is 148 cm³/mol. The number of ether oxygens (including phenoxy) is 1. The minimum atomic E-state index is -0.242. The zero-order valence-corrected chi connectivity index (χ0v) is 22.7. The Hall–Kier alpha value is -2.35. The van der Waals surface area contributed by atoms with Gasteiger partial charge in [0.05, 0.1) is 6.61 Å². The van der Waals surface area contributed by atoms with Gasteiger partial charge in [0.1, 0.15) is 0 Å². The highest BCUT2D eigenvalue weighted by atomic mass is 16.5. The monoisotopic (exact) mass is 454 g/mol. The van der Waals surface area contributed by atoms with Crippen molar-refractivity contribution in [2.75, 3.05) is 6.61 Å². The van der Waals surface area contributed by atoms with Crippen LogP contribution in [0.2, 0.25) is 0 Å². The largest absolute Gasteiger partial charge is 0.466 e. The molecule has 2 nitrogen and oxygen atoms in total. The Bertz CT molecular complexity index is 728. The molecule has 0 saturated heterocycles. The van der Waals surface area contributed by atoms with E-state index < -0.39 is 0 Å². The number of hydrogen-bond acceptors (Lipinski definition) is 2. The molecule has 0 rings (SSSR count). The average molecular weight is 455 g/mol. The molecule has 0 N–H and O–H groups in total. The summed E-state index contributed by atoms with van der Waals surface area (Å²) in [7, 11) is 0. The number of carbonyl (C=O) groups is 1. The molecule has 0 aromatic carbocycles. The van der Waals surface area contributed by atoms with E-state index in [0.717, 1.165) is 60.0 Å². The number of rotatable bonds is 15. The highest BCUT2D eigenvalue weighted by molar-refractivity contribution is 5.65. The molecule has 2 heteroatoms. The number of esters is 1. The predicted octanol–water partition coefficient (Wildman–Crippen LogP) is 9.49. The van der Waals surface area contributed by atoms with Gasteiger partial charge in [-0.25, -0.2) is 0 Å². The lowest BCUT2D eigenvalue weighted by molar-refractivity contribution is -0.141. The minimum absolute atomic E-state index is 0.242. The lowest BCUT2D eigenvalue weighted by Gasteiger charge is -2.17. The summed E-state index contributed by atoms with van der Waals surface area (Å²) in [6.45, 7) is 35.2. The van der Waals surface area contributed by atoms with E-state index in [0.29, 0.717) is 18.4 Å². The van der Waals surface area contributed by atoms with Gasteiger partial charge in [0, 0.05) is 6.92 Å². The summed E-state index contributed by atoms with van der Waals surface area (Å²) >= 11 is 0. The van der Waals surface area contributed by atoms with Crippen molar-refractivity contribution in [3.05, 3.63) is 84.6 Å². The van der Waals surface area contributed by atoms with Crippen molar-refractivity contribution < 1.29 is 9.53 Å². The second kappa shape index (κ2) is 19.1. The first kappa shape index (κ1) is 32.8. The summed E-state index contributed by atoms with van der Waals surface area (Å²) in [5.74, 6) is 0.927. The van der Waals surface area contributed by atoms with Crippen LogP contribution in [0.15, 0.2) is 84.6 Å². The fourth-order valence-electron chi connectivity index (χ4n) is 3.10. The summed E-state index contributed by atoms with van der Waals surface area (Å²) in [5, 5.41) is 0. The number of hydrogen-bond donors (Lipinski definition) is 0. The van der Waals surface area contributed by atoms with Crippen LogP contribution in [-0.2, 0) is 9.53 Å². The van der Waals surface area contributed by atoms with Crippen LogP contribution in [0, 0.1) is 11.8 Å². The van der Waals surface area contributed by atoms with Gasteiger partial charge in [-0.3, -0.25) is 4.79 Å². The molecule has 0 radical (unpaired) electrons. The van der Waals surface area contributed by atoms with E-state index in [-0.39, 0.29) is 5.97 Å². The molecule has 186 valence electrons. The van der Waals surface area contributed by atoms with Crippen LogP contribution in [0.25, 0.3) is 0 Å². The molecule has 0 heterocycles. The SMILES string of the molecule is C=C(/C=C(/CCCOC(C)=O)C(=C)CC)C(=C)/C(=C\C(=C)C(C)CCC(C)C)CC.C=CC. The van der Waals surface area contributed by atoms with Crippen LogP contribution < -0.4 is 0 Å². The lowest BCUT2D eigenvalue weighted by atomic mass is 9.88. The average Bonchev–Trinajstić information content (AvgIpc) is 2.76. The zero-order chi connectivity index (χ0) is 26.0. The van der Waals surface area contributed by atoms with Crippen molar-refractivity contribution in [3.63, 3.8) is 0 Å². The standard InChI is InChI=1S/C28H44O2.C3H6/c1-11-21(5)28(14-13-17-30-26(10)29)19-24(8)25(9)27(12-2)18-23(7)22(6)16-15-20(3)4;1-3-2/h18-20,22H,5,7-9,11-17H2,1-4,6,10H3;3H,1H2,2H3/b27-18-,28-19-;. The molecule has 0 fully saturated rings. The Morgan fingerprint density at radius 2 is 1.52 bits per heavy atom. The third-order valence-corrected chi connectivity index (χ3v) is 5.45. The van der Waals surface area contributed by atoms with E-state index in [2.05, 4.69) is 79.7 Å². The highest BCUT2D eigenvalue weighted by Gasteiger charge is 2.11. The van der Waals surface area contributed by atoms with Gasteiger partial charge in [0.2, 0.25) is 0 Å². The van der Waals surface area contributed by atoms with E-state index in [1.165, 1.54) is 18.9 Å². The number of carbonyl (C=O) groups excluding carboxylic acids is 1. The highest BCUT2D eigenvalue weighted by Crippen LogP contribution is 2.28. The summed E-state index contributed by atoms with van der Waals surface area (Å²) in [6.07, 6.45) is 11.7. The Balaban J connectivity index is 0. The summed E-state index contributed by atoms with van der Waals surface area (Å²) in [5.41, 5.74) is 6.43. The molecule has 0 bridgehead atoms. The molecule has 1 atom stereocenters. The second-order valence-corrected chi connectivity index (χ2v) is 8.95. The topological polar surface area (TPSA) is 26.3 Å². The summed E-state index contributed by atoms with van der Waals surface area (Å²) in [6, 6.07) is 0. The second-order valence-electron chi connectivity index (χ2n) is 8.95. The molecule has 0 aliphatic carbocycles. The van der Waals surface area contributed by atoms with E-state index >= 15 is 0 Å². The summed E-state index contributed by atoms with van der Waals surface area (Å²) in [4.78, 5) is 11.0. The third kappa shape index (κ3) is 16.0. The fourth-order valence-corrected chi connectivity index (χ4v) is 3.10. The summed E-state index contributed by atoms with van der Waals surface area (Å²) < 4.78 is 5.06. The molecular weight excluding hydrogens is 404 g/mol.